The molecule has 160 valence electrons. The highest BCUT2D eigenvalue weighted by Gasteiger charge is 2.33. The molecule has 5 heteroatoms. The fraction of sp³-hybridized carbons (Fsp3) is 0.667. The molecule has 1 aliphatic carbocycles. The van der Waals surface area contributed by atoms with Gasteiger partial charge in [-0.05, 0) is 43.6 Å². The summed E-state index contributed by atoms with van der Waals surface area (Å²) in [6, 6.07) is 10.5. The number of hydrogen-bond donors (Lipinski definition) is 1. The summed E-state index contributed by atoms with van der Waals surface area (Å²) in [4.78, 5) is 29.8. The molecule has 29 heavy (non-hydrogen) atoms. The Balaban J connectivity index is 1.37. The standard InChI is InChI=1S/C24H37N3O2/c1-19(2)12-13-25-23(28)21-8-10-22(11-9-21)24(29)27-16-14-26(15-17-27)18-20-6-4-3-5-7-20/h3-7,19,21-22H,8-18H2,1-2H3,(H,25,28). The van der Waals surface area contributed by atoms with Gasteiger partial charge in [0, 0.05) is 51.1 Å². The Morgan fingerprint density at radius 1 is 0.966 bits per heavy atom. The zero-order chi connectivity index (χ0) is 20.6. The average molecular weight is 400 g/mol. The van der Waals surface area contributed by atoms with E-state index in [1.165, 1.54) is 5.56 Å². The van der Waals surface area contributed by atoms with Gasteiger partial charge in [0.1, 0.15) is 0 Å². The molecule has 0 spiro atoms. The fourth-order valence-electron chi connectivity index (χ4n) is 4.46. The molecule has 1 aromatic carbocycles. The van der Waals surface area contributed by atoms with E-state index in [0.717, 1.165) is 71.4 Å². The average Bonchev–Trinajstić information content (AvgIpc) is 2.74. The molecule has 3 rings (SSSR count). The van der Waals surface area contributed by atoms with Crippen LogP contribution in [-0.4, -0.2) is 54.3 Å². The molecule has 0 unspecified atom stereocenters. The maximum absolute atomic E-state index is 12.9. The van der Waals surface area contributed by atoms with E-state index in [4.69, 9.17) is 0 Å². The lowest BCUT2D eigenvalue weighted by Crippen LogP contribution is -2.50. The van der Waals surface area contributed by atoms with Crippen molar-refractivity contribution in [2.75, 3.05) is 32.7 Å². The van der Waals surface area contributed by atoms with Crippen molar-refractivity contribution in [3.63, 3.8) is 0 Å². The van der Waals surface area contributed by atoms with Crippen LogP contribution in [0.5, 0.6) is 0 Å². The molecular weight excluding hydrogens is 362 g/mol. The number of benzene rings is 1. The third-order valence-corrected chi connectivity index (χ3v) is 6.40. The highest BCUT2D eigenvalue weighted by Crippen LogP contribution is 2.30. The molecule has 1 aliphatic heterocycles. The first-order valence-corrected chi connectivity index (χ1v) is 11.4. The molecule has 1 saturated heterocycles. The lowest BCUT2D eigenvalue weighted by Gasteiger charge is -2.37. The number of nitrogens with zero attached hydrogens (tertiary/aromatic N) is 2. The second-order valence-corrected chi connectivity index (χ2v) is 9.11. The number of piperazine rings is 1. The third kappa shape index (κ3) is 6.56. The van der Waals surface area contributed by atoms with Crippen LogP contribution in [0.4, 0.5) is 0 Å². The predicted molar refractivity (Wildman–Crippen MR) is 116 cm³/mol. The van der Waals surface area contributed by atoms with Gasteiger partial charge in [-0.3, -0.25) is 14.5 Å². The van der Waals surface area contributed by atoms with Crippen molar-refractivity contribution < 1.29 is 9.59 Å². The Morgan fingerprint density at radius 3 is 2.21 bits per heavy atom. The normalized spacial score (nSPS) is 23.2. The Kier molecular flexibility index (Phi) is 8.10. The quantitative estimate of drug-likeness (QED) is 0.765. The highest BCUT2D eigenvalue weighted by molar-refractivity contribution is 5.81. The minimum absolute atomic E-state index is 0.0916. The van der Waals surface area contributed by atoms with Crippen molar-refractivity contribution in [1.82, 2.24) is 15.1 Å². The summed E-state index contributed by atoms with van der Waals surface area (Å²) in [6.07, 6.45) is 4.42. The number of carbonyl (C=O) groups excluding carboxylic acids is 2. The zero-order valence-electron chi connectivity index (χ0n) is 18.1. The van der Waals surface area contributed by atoms with Crippen molar-refractivity contribution in [2.24, 2.45) is 17.8 Å². The fourth-order valence-corrected chi connectivity index (χ4v) is 4.46. The molecule has 0 bridgehead atoms. The van der Waals surface area contributed by atoms with Gasteiger partial charge in [0.25, 0.3) is 0 Å². The number of rotatable bonds is 7. The van der Waals surface area contributed by atoms with Crippen molar-refractivity contribution in [2.45, 2.75) is 52.5 Å². The van der Waals surface area contributed by atoms with E-state index in [-0.39, 0.29) is 17.7 Å². The van der Waals surface area contributed by atoms with Gasteiger partial charge in [-0.25, -0.2) is 0 Å². The van der Waals surface area contributed by atoms with Crippen LogP contribution in [0.2, 0.25) is 0 Å². The highest BCUT2D eigenvalue weighted by atomic mass is 16.2. The van der Waals surface area contributed by atoms with Crippen LogP contribution in [-0.2, 0) is 16.1 Å². The summed E-state index contributed by atoms with van der Waals surface area (Å²) in [7, 11) is 0. The Hall–Kier alpha value is -1.88. The maximum Gasteiger partial charge on any atom is 0.225 e. The molecule has 1 saturated carbocycles. The van der Waals surface area contributed by atoms with E-state index in [9.17, 15) is 9.59 Å². The molecule has 2 fully saturated rings. The van der Waals surface area contributed by atoms with Gasteiger partial charge in [0.05, 0.1) is 0 Å². The molecule has 1 N–H and O–H groups in total. The van der Waals surface area contributed by atoms with Crippen LogP contribution < -0.4 is 5.32 Å². The van der Waals surface area contributed by atoms with Gasteiger partial charge < -0.3 is 10.2 Å². The zero-order valence-corrected chi connectivity index (χ0v) is 18.1. The molecule has 2 amide bonds. The number of amides is 2. The Labute approximate surface area is 175 Å². The summed E-state index contributed by atoms with van der Waals surface area (Å²) < 4.78 is 0. The van der Waals surface area contributed by atoms with E-state index >= 15 is 0 Å². The summed E-state index contributed by atoms with van der Waals surface area (Å²) in [6.45, 7) is 9.59. The molecule has 1 heterocycles. The minimum Gasteiger partial charge on any atom is -0.356 e. The summed E-state index contributed by atoms with van der Waals surface area (Å²) >= 11 is 0. The monoisotopic (exact) mass is 399 g/mol. The van der Waals surface area contributed by atoms with Crippen molar-refractivity contribution in [1.29, 1.82) is 0 Å². The second kappa shape index (κ2) is 10.8. The summed E-state index contributed by atoms with van der Waals surface area (Å²) in [5, 5.41) is 3.08. The summed E-state index contributed by atoms with van der Waals surface area (Å²) in [5.74, 6) is 1.30. The third-order valence-electron chi connectivity index (χ3n) is 6.40. The molecule has 1 aromatic rings. The summed E-state index contributed by atoms with van der Waals surface area (Å²) in [5.41, 5.74) is 1.33. The second-order valence-electron chi connectivity index (χ2n) is 9.11. The van der Waals surface area contributed by atoms with Crippen LogP contribution in [0.1, 0.15) is 51.5 Å². The van der Waals surface area contributed by atoms with Crippen LogP contribution in [0.15, 0.2) is 30.3 Å². The van der Waals surface area contributed by atoms with Gasteiger partial charge in [0.2, 0.25) is 11.8 Å². The van der Waals surface area contributed by atoms with Crippen molar-refractivity contribution >= 4 is 11.8 Å². The largest absolute Gasteiger partial charge is 0.356 e. The van der Waals surface area contributed by atoms with E-state index in [0.29, 0.717) is 11.8 Å². The lowest BCUT2D eigenvalue weighted by atomic mass is 9.80. The van der Waals surface area contributed by atoms with Gasteiger partial charge in [0.15, 0.2) is 0 Å². The van der Waals surface area contributed by atoms with Crippen LogP contribution >= 0.6 is 0 Å². The predicted octanol–water partition coefficient (Wildman–Crippen LogP) is 3.30. The van der Waals surface area contributed by atoms with Crippen molar-refractivity contribution in [3.8, 4) is 0 Å². The first kappa shape index (κ1) is 21.8. The minimum atomic E-state index is 0.0916. The van der Waals surface area contributed by atoms with E-state index < -0.39 is 0 Å². The number of hydrogen-bond acceptors (Lipinski definition) is 3. The van der Waals surface area contributed by atoms with E-state index in [2.05, 4.69) is 53.2 Å². The maximum atomic E-state index is 12.9. The molecular formula is C24H37N3O2. The Morgan fingerprint density at radius 2 is 1.59 bits per heavy atom. The Bertz CT molecular complexity index is 645. The van der Waals surface area contributed by atoms with E-state index in [1.807, 2.05) is 6.07 Å². The van der Waals surface area contributed by atoms with Gasteiger partial charge in [-0.2, -0.15) is 0 Å². The molecule has 2 aliphatic rings. The van der Waals surface area contributed by atoms with Gasteiger partial charge in [-0.1, -0.05) is 44.2 Å². The molecule has 0 aromatic heterocycles. The molecule has 5 nitrogen and oxygen atoms in total. The molecule has 0 atom stereocenters. The van der Waals surface area contributed by atoms with Crippen LogP contribution in [0.25, 0.3) is 0 Å². The lowest BCUT2D eigenvalue weighted by molar-refractivity contribution is -0.140. The number of carbonyl (C=O) groups is 2. The van der Waals surface area contributed by atoms with Gasteiger partial charge in [-0.15, -0.1) is 0 Å². The van der Waals surface area contributed by atoms with Gasteiger partial charge >= 0.3 is 0 Å². The molecule has 0 radical (unpaired) electrons. The first-order chi connectivity index (χ1) is 14.0. The van der Waals surface area contributed by atoms with E-state index in [1.54, 1.807) is 0 Å². The van der Waals surface area contributed by atoms with Crippen LogP contribution in [0, 0.1) is 17.8 Å². The number of nitrogens with one attached hydrogen (secondary N) is 1. The smallest absolute Gasteiger partial charge is 0.225 e. The van der Waals surface area contributed by atoms with Crippen molar-refractivity contribution in [3.05, 3.63) is 35.9 Å². The first-order valence-electron chi connectivity index (χ1n) is 11.4. The topological polar surface area (TPSA) is 52.7 Å². The van der Waals surface area contributed by atoms with Crippen LogP contribution in [0.3, 0.4) is 0 Å². The SMILES string of the molecule is CC(C)CCNC(=O)C1CCC(C(=O)N2CCN(Cc3ccccc3)CC2)CC1.